The largest absolute Gasteiger partial charge is 0.345 e. The number of nitrogens with zero attached hydrogens (tertiary/aromatic N) is 1. The van der Waals surface area contributed by atoms with Gasteiger partial charge in [0, 0.05) is 6.04 Å². The molecule has 82 valence electrons. The van der Waals surface area contributed by atoms with E-state index in [0.717, 1.165) is 25.7 Å². The van der Waals surface area contributed by atoms with Gasteiger partial charge in [-0.1, -0.05) is 19.3 Å². The van der Waals surface area contributed by atoms with Crippen molar-refractivity contribution in [1.29, 1.82) is 5.26 Å². The average molecular weight is 209 g/mol. The number of nitriles is 1. The van der Waals surface area contributed by atoms with Crippen LogP contribution in [0.1, 0.15) is 32.1 Å². The third-order valence-electron chi connectivity index (χ3n) is 2.47. The van der Waals surface area contributed by atoms with E-state index >= 15 is 0 Å². The van der Waals surface area contributed by atoms with Crippen molar-refractivity contribution >= 4 is 11.8 Å². The molecular formula is C10H15N3O2. The SMILES string of the molecule is N#CCNC(=O)C(=O)NC1CCCCC1. The standard InChI is InChI=1S/C10H15N3O2/c11-6-7-12-9(14)10(15)13-8-4-2-1-3-5-8/h8H,1-5,7H2,(H,12,14)(H,13,15). The zero-order valence-electron chi connectivity index (χ0n) is 8.58. The van der Waals surface area contributed by atoms with Gasteiger partial charge >= 0.3 is 11.8 Å². The number of carbonyl (C=O) groups is 2. The molecule has 0 heterocycles. The molecule has 2 N–H and O–H groups in total. The van der Waals surface area contributed by atoms with Crippen LogP contribution in [-0.2, 0) is 9.59 Å². The van der Waals surface area contributed by atoms with Gasteiger partial charge in [-0.2, -0.15) is 5.26 Å². The second-order valence-electron chi connectivity index (χ2n) is 3.65. The maximum Gasteiger partial charge on any atom is 0.310 e. The average Bonchev–Trinajstić information content (AvgIpc) is 2.27. The number of carbonyl (C=O) groups excluding carboxylic acids is 2. The van der Waals surface area contributed by atoms with Crippen LogP contribution in [-0.4, -0.2) is 24.4 Å². The van der Waals surface area contributed by atoms with E-state index in [2.05, 4.69) is 10.6 Å². The Balaban J connectivity index is 2.27. The Hall–Kier alpha value is -1.57. The first kappa shape index (κ1) is 11.5. The van der Waals surface area contributed by atoms with Crippen molar-refractivity contribution in [1.82, 2.24) is 10.6 Å². The van der Waals surface area contributed by atoms with Gasteiger partial charge in [-0.15, -0.1) is 0 Å². The van der Waals surface area contributed by atoms with Crippen molar-refractivity contribution in [2.45, 2.75) is 38.1 Å². The molecule has 1 saturated carbocycles. The zero-order valence-corrected chi connectivity index (χ0v) is 8.58. The van der Waals surface area contributed by atoms with Gasteiger partial charge in [-0.3, -0.25) is 9.59 Å². The molecule has 0 aromatic rings. The Morgan fingerprint density at radius 1 is 1.20 bits per heavy atom. The summed E-state index contributed by atoms with van der Waals surface area (Å²) < 4.78 is 0. The van der Waals surface area contributed by atoms with E-state index in [1.54, 1.807) is 6.07 Å². The molecule has 0 spiro atoms. The Bertz CT molecular complexity index is 277. The molecule has 5 heteroatoms. The highest BCUT2D eigenvalue weighted by Crippen LogP contribution is 2.17. The molecule has 0 unspecified atom stereocenters. The summed E-state index contributed by atoms with van der Waals surface area (Å²) in [6, 6.07) is 1.87. The molecule has 0 radical (unpaired) electrons. The monoisotopic (exact) mass is 209 g/mol. The summed E-state index contributed by atoms with van der Waals surface area (Å²) in [5.74, 6) is -1.35. The van der Waals surface area contributed by atoms with Crippen LogP contribution in [0.5, 0.6) is 0 Å². The summed E-state index contributed by atoms with van der Waals surface area (Å²) in [7, 11) is 0. The summed E-state index contributed by atoms with van der Waals surface area (Å²) in [6.45, 7) is -0.128. The molecule has 0 saturated heterocycles. The molecule has 1 fully saturated rings. The fraction of sp³-hybridized carbons (Fsp3) is 0.700. The Morgan fingerprint density at radius 3 is 2.47 bits per heavy atom. The van der Waals surface area contributed by atoms with E-state index in [1.165, 1.54) is 6.42 Å². The molecule has 0 atom stereocenters. The van der Waals surface area contributed by atoms with Crippen LogP contribution in [0.25, 0.3) is 0 Å². The first-order chi connectivity index (χ1) is 7.24. The second-order valence-corrected chi connectivity index (χ2v) is 3.65. The van der Waals surface area contributed by atoms with Crippen LogP contribution in [0.15, 0.2) is 0 Å². The van der Waals surface area contributed by atoms with E-state index in [-0.39, 0.29) is 12.6 Å². The van der Waals surface area contributed by atoms with Crippen LogP contribution in [0, 0.1) is 11.3 Å². The fourth-order valence-corrected chi connectivity index (χ4v) is 1.70. The maximum atomic E-state index is 11.3. The minimum Gasteiger partial charge on any atom is -0.345 e. The number of nitrogens with one attached hydrogen (secondary N) is 2. The lowest BCUT2D eigenvalue weighted by molar-refractivity contribution is -0.139. The van der Waals surface area contributed by atoms with Crippen molar-refractivity contribution in [2.24, 2.45) is 0 Å². The van der Waals surface area contributed by atoms with E-state index in [0.29, 0.717) is 0 Å². The molecule has 2 amide bonds. The van der Waals surface area contributed by atoms with Gasteiger partial charge in [0.25, 0.3) is 0 Å². The van der Waals surface area contributed by atoms with Crippen molar-refractivity contribution in [3.8, 4) is 6.07 Å². The molecule has 1 aliphatic rings. The summed E-state index contributed by atoms with van der Waals surface area (Å²) in [4.78, 5) is 22.4. The van der Waals surface area contributed by atoms with Crippen LogP contribution in [0.2, 0.25) is 0 Å². The highest BCUT2D eigenvalue weighted by atomic mass is 16.2. The van der Waals surface area contributed by atoms with Crippen LogP contribution < -0.4 is 10.6 Å². The highest BCUT2D eigenvalue weighted by molar-refractivity contribution is 6.35. The molecule has 1 aliphatic carbocycles. The zero-order chi connectivity index (χ0) is 11.1. The van der Waals surface area contributed by atoms with Crippen molar-refractivity contribution in [3.63, 3.8) is 0 Å². The van der Waals surface area contributed by atoms with E-state index in [4.69, 9.17) is 5.26 Å². The normalized spacial score (nSPS) is 16.5. The van der Waals surface area contributed by atoms with E-state index < -0.39 is 11.8 Å². The van der Waals surface area contributed by atoms with Crippen LogP contribution in [0.4, 0.5) is 0 Å². The predicted molar refractivity (Wildman–Crippen MR) is 53.6 cm³/mol. The van der Waals surface area contributed by atoms with Crippen molar-refractivity contribution < 1.29 is 9.59 Å². The number of rotatable bonds is 2. The van der Waals surface area contributed by atoms with Crippen LogP contribution >= 0.6 is 0 Å². The summed E-state index contributed by atoms with van der Waals surface area (Å²) in [5.41, 5.74) is 0. The molecule has 15 heavy (non-hydrogen) atoms. The van der Waals surface area contributed by atoms with Gasteiger partial charge in [0.05, 0.1) is 6.07 Å². The van der Waals surface area contributed by atoms with E-state index in [1.807, 2.05) is 0 Å². The molecule has 0 aromatic carbocycles. The van der Waals surface area contributed by atoms with Gasteiger partial charge in [0.2, 0.25) is 0 Å². The fourth-order valence-electron chi connectivity index (χ4n) is 1.70. The Labute approximate surface area is 88.8 Å². The molecule has 0 aliphatic heterocycles. The van der Waals surface area contributed by atoms with Gasteiger partial charge in [-0.25, -0.2) is 0 Å². The quantitative estimate of drug-likeness (QED) is 0.499. The lowest BCUT2D eigenvalue weighted by Gasteiger charge is -2.22. The molecule has 5 nitrogen and oxygen atoms in total. The number of amides is 2. The van der Waals surface area contributed by atoms with Gasteiger partial charge in [0.1, 0.15) is 6.54 Å². The first-order valence-electron chi connectivity index (χ1n) is 5.19. The lowest BCUT2D eigenvalue weighted by Crippen LogP contribution is -2.45. The molecular weight excluding hydrogens is 194 g/mol. The third-order valence-corrected chi connectivity index (χ3v) is 2.47. The van der Waals surface area contributed by atoms with E-state index in [9.17, 15) is 9.59 Å². The minimum atomic E-state index is -0.720. The summed E-state index contributed by atoms with van der Waals surface area (Å²) in [6.07, 6.45) is 5.29. The smallest absolute Gasteiger partial charge is 0.310 e. The first-order valence-corrected chi connectivity index (χ1v) is 5.19. The molecule has 1 rings (SSSR count). The highest BCUT2D eigenvalue weighted by Gasteiger charge is 2.19. The Kier molecular flexibility index (Phi) is 4.61. The predicted octanol–water partition coefficient (Wildman–Crippen LogP) is 0.0751. The lowest BCUT2D eigenvalue weighted by atomic mass is 9.95. The topological polar surface area (TPSA) is 82.0 Å². The van der Waals surface area contributed by atoms with Crippen molar-refractivity contribution in [2.75, 3.05) is 6.54 Å². The van der Waals surface area contributed by atoms with Crippen molar-refractivity contribution in [3.05, 3.63) is 0 Å². The van der Waals surface area contributed by atoms with Crippen LogP contribution in [0.3, 0.4) is 0 Å². The molecule has 0 bridgehead atoms. The Morgan fingerprint density at radius 2 is 1.87 bits per heavy atom. The minimum absolute atomic E-state index is 0.124. The molecule has 0 aromatic heterocycles. The number of hydrogen-bond donors (Lipinski definition) is 2. The third kappa shape index (κ3) is 3.98. The maximum absolute atomic E-state index is 11.3. The number of hydrogen-bond acceptors (Lipinski definition) is 3. The summed E-state index contributed by atoms with van der Waals surface area (Å²) in [5, 5.41) is 13.1. The van der Waals surface area contributed by atoms with Gasteiger partial charge in [0.15, 0.2) is 0 Å². The van der Waals surface area contributed by atoms with Gasteiger partial charge < -0.3 is 10.6 Å². The van der Waals surface area contributed by atoms with Gasteiger partial charge in [-0.05, 0) is 12.8 Å². The second kappa shape index (κ2) is 6.02. The summed E-state index contributed by atoms with van der Waals surface area (Å²) >= 11 is 0.